The average molecular weight is 367 g/mol. The van der Waals surface area contributed by atoms with E-state index in [4.69, 9.17) is 9.47 Å². The van der Waals surface area contributed by atoms with Gasteiger partial charge in [-0.25, -0.2) is 0 Å². The predicted octanol–water partition coefficient (Wildman–Crippen LogP) is 3.66. The number of hydrogen-bond donors (Lipinski definition) is 0. The minimum absolute atomic E-state index is 0.113. The smallest absolute Gasteiger partial charge is 0.367 e. The quantitative estimate of drug-likeness (QED) is 0.760. The fourth-order valence-electron chi connectivity index (χ4n) is 5.65. The zero-order chi connectivity index (χ0) is 18.5. The number of aryl methyl sites for hydroxylation is 1. The van der Waals surface area contributed by atoms with E-state index in [1.807, 2.05) is 6.92 Å². The summed E-state index contributed by atoms with van der Waals surface area (Å²) < 4.78 is 52.2. The molecule has 5 rings (SSSR count). The van der Waals surface area contributed by atoms with Gasteiger partial charge in [-0.05, 0) is 44.4 Å². The van der Waals surface area contributed by atoms with Gasteiger partial charge in [-0.1, -0.05) is 6.07 Å². The van der Waals surface area contributed by atoms with Crippen LogP contribution in [0.4, 0.5) is 18.9 Å². The van der Waals surface area contributed by atoms with E-state index in [0.29, 0.717) is 6.61 Å². The second-order valence-corrected chi connectivity index (χ2v) is 8.20. The van der Waals surface area contributed by atoms with Crippen LogP contribution in [0.15, 0.2) is 18.2 Å². The number of anilines is 1. The number of hydrogen-bond acceptors (Lipinski definition) is 3. The Kier molecular flexibility index (Phi) is 3.07. The maximum absolute atomic E-state index is 13.3. The zero-order valence-electron chi connectivity index (χ0n) is 14.6. The Labute approximate surface area is 149 Å². The van der Waals surface area contributed by atoms with Crippen molar-refractivity contribution >= 4 is 11.6 Å². The number of benzene rings is 1. The van der Waals surface area contributed by atoms with Crippen LogP contribution in [0, 0.1) is 18.8 Å². The largest absolute Gasteiger partial charge is 0.416 e. The number of halogens is 3. The maximum Gasteiger partial charge on any atom is 0.416 e. The summed E-state index contributed by atoms with van der Waals surface area (Å²) in [4.78, 5) is 14.7. The molecule has 1 aromatic rings. The highest BCUT2D eigenvalue weighted by Gasteiger charge is 2.75. The highest BCUT2D eigenvalue weighted by molar-refractivity contribution is 5.99. The molecule has 4 nitrogen and oxygen atoms in total. The van der Waals surface area contributed by atoms with Gasteiger partial charge in [0.1, 0.15) is 6.23 Å². The first-order valence-corrected chi connectivity index (χ1v) is 8.99. The number of rotatable bonds is 1. The Hall–Kier alpha value is -1.60. The van der Waals surface area contributed by atoms with Crippen LogP contribution in [0.3, 0.4) is 0 Å². The Morgan fingerprint density at radius 2 is 2.00 bits per heavy atom. The van der Waals surface area contributed by atoms with E-state index in [0.717, 1.165) is 25.3 Å². The van der Waals surface area contributed by atoms with Gasteiger partial charge in [-0.15, -0.1) is 0 Å². The minimum atomic E-state index is -4.46. The van der Waals surface area contributed by atoms with Crippen molar-refractivity contribution in [2.75, 3.05) is 11.5 Å². The van der Waals surface area contributed by atoms with Gasteiger partial charge >= 0.3 is 6.18 Å². The molecular formula is C19H20F3NO3. The molecule has 0 unspecified atom stereocenters. The Morgan fingerprint density at radius 3 is 2.73 bits per heavy atom. The van der Waals surface area contributed by atoms with Crippen LogP contribution in [-0.4, -0.2) is 29.9 Å². The van der Waals surface area contributed by atoms with Gasteiger partial charge < -0.3 is 9.47 Å². The molecule has 4 saturated heterocycles. The molecule has 0 N–H and O–H groups in total. The zero-order valence-corrected chi connectivity index (χ0v) is 14.6. The normalized spacial score (nSPS) is 41.0. The molecule has 0 aromatic heterocycles. The summed E-state index contributed by atoms with van der Waals surface area (Å²) in [7, 11) is 0. The molecule has 140 valence electrons. The third kappa shape index (κ3) is 1.90. The Balaban J connectivity index is 1.61. The van der Waals surface area contributed by atoms with Crippen LogP contribution >= 0.6 is 0 Å². The molecule has 1 aromatic carbocycles. The molecule has 4 aliphatic rings. The minimum Gasteiger partial charge on any atom is -0.367 e. The molecule has 4 aliphatic heterocycles. The van der Waals surface area contributed by atoms with Crippen molar-refractivity contribution in [1.29, 1.82) is 0 Å². The molecule has 5 atom stereocenters. The van der Waals surface area contributed by atoms with E-state index in [2.05, 4.69) is 0 Å². The van der Waals surface area contributed by atoms with Crippen molar-refractivity contribution in [2.24, 2.45) is 11.8 Å². The van der Waals surface area contributed by atoms with Crippen molar-refractivity contribution in [3.05, 3.63) is 29.3 Å². The van der Waals surface area contributed by atoms with Gasteiger partial charge in [-0.3, -0.25) is 9.69 Å². The lowest BCUT2D eigenvalue weighted by Crippen LogP contribution is -2.51. The second-order valence-electron chi connectivity index (χ2n) is 8.20. The highest BCUT2D eigenvalue weighted by Crippen LogP contribution is 2.65. The summed E-state index contributed by atoms with van der Waals surface area (Å²) >= 11 is 0. The molecule has 1 spiro atoms. The van der Waals surface area contributed by atoms with Crippen LogP contribution < -0.4 is 4.90 Å². The third-order valence-electron chi connectivity index (χ3n) is 6.79. The lowest BCUT2D eigenvalue weighted by molar-refractivity contribution is -0.140. The highest BCUT2D eigenvalue weighted by atomic mass is 19.4. The van der Waals surface area contributed by atoms with Crippen LogP contribution in [-0.2, 0) is 20.4 Å². The summed E-state index contributed by atoms with van der Waals surface area (Å²) in [5, 5.41) is 0. The van der Waals surface area contributed by atoms with E-state index in [9.17, 15) is 18.0 Å². The lowest BCUT2D eigenvalue weighted by atomic mass is 9.66. The molecule has 1 amide bonds. The number of alkyl halides is 3. The number of carbonyl (C=O) groups excluding carboxylic acids is 1. The number of amides is 1. The van der Waals surface area contributed by atoms with Crippen molar-refractivity contribution in [3.63, 3.8) is 0 Å². The van der Waals surface area contributed by atoms with Gasteiger partial charge in [-0.2, -0.15) is 13.2 Å². The molecule has 26 heavy (non-hydrogen) atoms. The molecule has 0 aliphatic carbocycles. The summed E-state index contributed by atoms with van der Waals surface area (Å²) in [5.74, 6) is -0.640. The van der Waals surface area contributed by atoms with Crippen LogP contribution in [0.1, 0.15) is 37.3 Å². The molecular weight excluding hydrogens is 347 g/mol. The van der Waals surface area contributed by atoms with E-state index in [1.54, 1.807) is 6.07 Å². The van der Waals surface area contributed by atoms with Crippen LogP contribution in [0.5, 0.6) is 0 Å². The summed E-state index contributed by atoms with van der Waals surface area (Å²) in [6.07, 6.45) is -2.58. The molecule has 2 bridgehead atoms. The Morgan fingerprint density at radius 1 is 1.23 bits per heavy atom. The van der Waals surface area contributed by atoms with E-state index in [1.165, 1.54) is 17.9 Å². The second kappa shape index (κ2) is 4.81. The summed E-state index contributed by atoms with van der Waals surface area (Å²) in [5.41, 5.74) is -1.22. The molecule has 0 saturated carbocycles. The summed E-state index contributed by atoms with van der Waals surface area (Å²) in [6.45, 7) is 3.83. The van der Waals surface area contributed by atoms with Gasteiger partial charge in [0.2, 0.25) is 5.91 Å². The van der Waals surface area contributed by atoms with Crippen molar-refractivity contribution in [1.82, 2.24) is 0 Å². The fraction of sp³-hybridized carbons (Fsp3) is 0.632. The first-order valence-electron chi connectivity index (χ1n) is 8.99. The maximum atomic E-state index is 13.3. The molecule has 7 heteroatoms. The monoisotopic (exact) mass is 367 g/mol. The fourth-order valence-corrected chi connectivity index (χ4v) is 5.65. The first kappa shape index (κ1) is 16.6. The average Bonchev–Trinajstić information content (AvgIpc) is 3.14. The SMILES string of the molecule is Cc1ccc(N2C(=O)[C@H]3[C@H]4[C@@H]2OCC[C@]42CC[C@@]3(C)O2)cc1C(F)(F)F. The predicted molar refractivity (Wildman–Crippen MR) is 86.5 cm³/mol. The number of fused-ring (bicyclic) bond motifs is 2. The third-order valence-corrected chi connectivity index (χ3v) is 6.79. The number of carbonyl (C=O) groups is 1. The van der Waals surface area contributed by atoms with Crippen LogP contribution in [0.25, 0.3) is 0 Å². The van der Waals surface area contributed by atoms with E-state index < -0.39 is 23.6 Å². The van der Waals surface area contributed by atoms with Crippen molar-refractivity contribution in [3.8, 4) is 0 Å². The van der Waals surface area contributed by atoms with Gasteiger partial charge in [0.15, 0.2) is 0 Å². The topological polar surface area (TPSA) is 38.8 Å². The Bertz CT molecular complexity index is 806. The standard InChI is InChI=1S/C19H20F3NO3/c1-10-3-4-11(9-12(10)19(20,21)22)23-15(24)13-14-16(23)25-8-7-18(14)6-5-17(13,2)26-18/h3-4,9,13-14,16H,5-8H2,1-2H3/t13-,14+,16+,17-,18-/m1/s1. The van der Waals surface area contributed by atoms with Gasteiger partial charge in [0.25, 0.3) is 0 Å². The molecule has 4 heterocycles. The lowest BCUT2D eigenvalue weighted by Gasteiger charge is -2.41. The molecule has 4 fully saturated rings. The van der Waals surface area contributed by atoms with Crippen LogP contribution in [0.2, 0.25) is 0 Å². The van der Waals surface area contributed by atoms with Gasteiger partial charge in [0.05, 0.1) is 29.3 Å². The van der Waals surface area contributed by atoms with E-state index >= 15 is 0 Å². The summed E-state index contributed by atoms with van der Waals surface area (Å²) in [6, 6.07) is 4.08. The van der Waals surface area contributed by atoms with E-state index in [-0.39, 0.29) is 34.6 Å². The number of nitrogens with zero attached hydrogens (tertiary/aromatic N) is 1. The molecule has 0 radical (unpaired) electrons. The number of ether oxygens (including phenoxy) is 2. The van der Waals surface area contributed by atoms with Crippen molar-refractivity contribution in [2.45, 2.75) is 56.7 Å². The van der Waals surface area contributed by atoms with Gasteiger partial charge in [0, 0.05) is 18.0 Å². The first-order chi connectivity index (χ1) is 12.2. The van der Waals surface area contributed by atoms with Crippen molar-refractivity contribution < 1.29 is 27.4 Å².